The van der Waals surface area contributed by atoms with Gasteiger partial charge in [0, 0.05) is 45.3 Å². The average molecular weight is 289 g/mol. The van der Waals surface area contributed by atoms with E-state index in [-0.39, 0.29) is 0 Å². The Balaban J connectivity index is 1.61. The Hall–Kier alpha value is -1.52. The third kappa shape index (κ3) is 3.39. The maximum atomic E-state index is 4.86. The van der Waals surface area contributed by atoms with Gasteiger partial charge >= 0.3 is 0 Å². The van der Waals surface area contributed by atoms with E-state index < -0.39 is 0 Å². The molecule has 1 unspecified atom stereocenters. The first kappa shape index (κ1) is 14.4. The highest BCUT2D eigenvalue weighted by Gasteiger charge is 2.27. The third-order valence-corrected chi connectivity index (χ3v) is 4.74. The molecule has 2 aliphatic rings. The lowest BCUT2D eigenvalue weighted by Crippen LogP contribution is -2.40. The number of aromatic nitrogens is 2. The van der Waals surface area contributed by atoms with Crippen LogP contribution in [0.4, 0.5) is 0 Å². The van der Waals surface area contributed by atoms with Crippen molar-refractivity contribution in [3.8, 4) is 0 Å². The highest BCUT2D eigenvalue weighted by molar-refractivity contribution is 5.80. The Morgan fingerprint density at radius 2 is 2.29 bits per heavy atom. The van der Waals surface area contributed by atoms with Crippen molar-refractivity contribution >= 4 is 5.96 Å². The molecule has 21 heavy (non-hydrogen) atoms. The van der Waals surface area contributed by atoms with Crippen molar-refractivity contribution in [3.05, 3.63) is 18.0 Å². The smallest absolute Gasteiger partial charge is 0.193 e. The van der Waals surface area contributed by atoms with Gasteiger partial charge in [-0.1, -0.05) is 6.42 Å². The molecule has 3 rings (SSSR count). The zero-order chi connectivity index (χ0) is 14.7. The summed E-state index contributed by atoms with van der Waals surface area (Å²) in [5.41, 5.74) is 1.36. The second kappa shape index (κ2) is 6.50. The van der Waals surface area contributed by atoms with Crippen LogP contribution in [-0.2, 0) is 7.05 Å². The van der Waals surface area contributed by atoms with Crippen molar-refractivity contribution in [3.63, 3.8) is 0 Å². The second-order valence-corrected chi connectivity index (χ2v) is 6.37. The molecule has 0 radical (unpaired) electrons. The number of guanidine groups is 1. The lowest BCUT2D eigenvalue weighted by molar-refractivity contribution is 0.324. The molecule has 1 saturated carbocycles. The van der Waals surface area contributed by atoms with Crippen LogP contribution in [0, 0.1) is 5.92 Å². The van der Waals surface area contributed by atoms with E-state index in [9.17, 15) is 0 Å². The molecule has 0 bridgehead atoms. The summed E-state index contributed by atoms with van der Waals surface area (Å²) >= 11 is 0. The molecular weight excluding hydrogens is 262 g/mol. The van der Waals surface area contributed by atoms with Gasteiger partial charge in [-0.15, -0.1) is 0 Å². The molecular formula is C16H27N5. The van der Waals surface area contributed by atoms with Gasteiger partial charge < -0.3 is 10.2 Å². The van der Waals surface area contributed by atoms with Crippen LogP contribution in [0.2, 0.25) is 0 Å². The number of nitrogens with zero attached hydrogens (tertiary/aromatic N) is 4. The molecule has 1 N–H and O–H groups in total. The maximum Gasteiger partial charge on any atom is 0.193 e. The number of rotatable bonds is 4. The van der Waals surface area contributed by atoms with Gasteiger partial charge in [0.1, 0.15) is 0 Å². The fourth-order valence-electron chi connectivity index (χ4n) is 3.19. The molecule has 0 aromatic carbocycles. The van der Waals surface area contributed by atoms with Crippen molar-refractivity contribution in [1.29, 1.82) is 0 Å². The SMILES string of the molecule is CCNC(=NCC1CCC1)N1CCC(c2cnn(C)c2)C1. The fraction of sp³-hybridized carbons (Fsp3) is 0.750. The summed E-state index contributed by atoms with van der Waals surface area (Å²) in [5, 5.41) is 7.76. The van der Waals surface area contributed by atoms with Crippen LogP contribution < -0.4 is 5.32 Å². The van der Waals surface area contributed by atoms with Crippen molar-refractivity contribution in [2.24, 2.45) is 18.0 Å². The molecule has 2 heterocycles. The number of likely N-dealkylation sites (tertiary alicyclic amines) is 1. The lowest BCUT2D eigenvalue weighted by atomic mass is 9.86. The summed E-state index contributed by atoms with van der Waals surface area (Å²) < 4.78 is 1.90. The van der Waals surface area contributed by atoms with E-state index in [1.54, 1.807) is 0 Å². The minimum absolute atomic E-state index is 0.589. The standard InChI is InChI=1S/C16H27N5/c1-3-17-16(18-9-13-5-4-6-13)21-8-7-14(12-21)15-10-19-20(2)11-15/h10-11,13-14H,3-9,12H2,1-2H3,(H,17,18). The molecule has 0 spiro atoms. The number of hydrogen-bond donors (Lipinski definition) is 1. The normalized spacial score (nSPS) is 23.4. The second-order valence-electron chi connectivity index (χ2n) is 6.37. The van der Waals surface area contributed by atoms with Crippen molar-refractivity contribution < 1.29 is 0 Å². The molecule has 1 atom stereocenters. The molecule has 1 aromatic heterocycles. The Morgan fingerprint density at radius 3 is 2.90 bits per heavy atom. The highest BCUT2D eigenvalue weighted by Crippen LogP contribution is 2.28. The zero-order valence-electron chi connectivity index (χ0n) is 13.3. The summed E-state index contributed by atoms with van der Waals surface area (Å²) in [5.74, 6) is 2.53. The average Bonchev–Trinajstić information content (AvgIpc) is 3.04. The van der Waals surface area contributed by atoms with E-state index in [1.165, 1.54) is 31.2 Å². The van der Waals surface area contributed by atoms with Crippen LogP contribution in [0.25, 0.3) is 0 Å². The van der Waals surface area contributed by atoms with Gasteiger partial charge in [-0.3, -0.25) is 9.67 Å². The molecule has 116 valence electrons. The zero-order valence-corrected chi connectivity index (χ0v) is 13.3. The minimum Gasteiger partial charge on any atom is -0.357 e. The molecule has 1 saturated heterocycles. The molecule has 0 amide bonds. The third-order valence-electron chi connectivity index (χ3n) is 4.74. The van der Waals surface area contributed by atoms with Crippen LogP contribution in [0.1, 0.15) is 44.1 Å². The first-order valence-electron chi connectivity index (χ1n) is 8.28. The molecule has 1 aromatic rings. The molecule has 2 fully saturated rings. The number of aryl methyl sites for hydroxylation is 1. The van der Waals surface area contributed by atoms with E-state index in [0.717, 1.165) is 38.1 Å². The van der Waals surface area contributed by atoms with Crippen LogP contribution >= 0.6 is 0 Å². The predicted molar refractivity (Wildman–Crippen MR) is 85.5 cm³/mol. The predicted octanol–water partition coefficient (Wildman–Crippen LogP) is 1.97. The molecule has 1 aliphatic heterocycles. The van der Waals surface area contributed by atoms with Crippen molar-refractivity contribution in [2.45, 2.75) is 38.5 Å². The monoisotopic (exact) mass is 289 g/mol. The largest absolute Gasteiger partial charge is 0.357 e. The Bertz CT molecular complexity index is 489. The number of aliphatic imine (C=N–C) groups is 1. The quantitative estimate of drug-likeness (QED) is 0.681. The van der Waals surface area contributed by atoms with Gasteiger partial charge in [-0.25, -0.2) is 0 Å². The minimum atomic E-state index is 0.589. The van der Waals surface area contributed by atoms with Gasteiger partial charge in [0.2, 0.25) is 0 Å². The highest BCUT2D eigenvalue weighted by atomic mass is 15.3. The van der Waals surface area contributed by atoms with Gasteiger partial charge in [0.15, 0.2) is 5.96 Å². The van der Waals surface area contributed by atoms with Crippen molar-refractivity contribution in [1.82, 2.24) is 20.0 Å². The summed E-state index contributed by atoms with van der Waals surface area (Å²) in [4.78, 5) is 7.28. The number of hydrogen-bond acceptors (Lipinski definition) is 2. The van der Waals surface area contributed by atoms with Crippen LogP contribution in [0.15, 0.2) is 17.4 Å². The fourth-order valence-corrected chi connectivity index (χ4v) is 3.19. The first-order chi connectivity index (χ1) is 10.3. The van der Waals surface area contributed by atoms with Gasteiger partial charge in [0.05, 0.1) is 6.20 Å². The van der Waals surface area contributed by atoms with Crippen LogP contribution in [0.5, 0.6) is 0 Å². The van der Waals surface area contributed by atoms with Gasteiger partial charge in [-0.05, 0) is 37.7 Å². The van der Waals surface area contributed by atoms with E-state index in [4.69, 9.17) is 4.99 Å². The summed E-state index contributed by atoms with van der Waals surface area (Å²) in [7, 11) is 1.99. The molecule has 5 heteroatoms. The topological polar surface area (TPSA) is 45.5 Å². The summed E-state index contributed by atoms with van der Waals surface area (Å²) in [6.45, 7) is 6.24. The first-order valence-corrected chi connectivity index (χ1v) is 8.28. The van der Waals surface area contributed by atoms with E-state index in [2.05, 4.69) is 28.4 Å². The Kier molecular flexibility index (Phi) is 4.46. The van der Waals surface area contributed by atoms with Gasteiger partial charge in [-0.2, -0.15) is 5.10 Å². The maximum absolute atomic E-state index is 4.86. The van der Waals surface area contributed by atoms with E-state index in [1.807, 2.05) is 17.9 Å². The van der Waals surface area contributed by atoms with Crippen LogP contribution in [-0.4, -0.2) is 46.8 Å². The summed E-state index contributed by atoms with van der Waals surface area (Å²) in [6.07, 6.45) is 9.46. The van der Waals surface area contributed by atoms with E-state index in [0.29, 0.717) is 5.92 Å². The van der Waals surface area contributed by atoms with Gasteiger partial charge in [0.25, 0.3) is 0 Å². The Labute approximate surface area is 127 Å². The number of nitrogens with one attached hydrogen (secondary N) is 1. The summed E-state index contributed by atoms with van der Waals surface area (Å²) in [6, 6.07) is 0. The lowest BCUT2D eigenvalue weighted by Gasteiger charge is -2.26. The van der Waals surface area contributed by atoms with Crippen LogP contribution in [0.3, 0.4) is 0 Å². The van der Waals surface area contributed by atoms with Crippen molar-refractivity contribution in [2.75, 3.05) is 26.2 Å². The Morgan fingerprint density at radius 1 is 1.43 bits per heavy atom. The van der Waals surface area contributed by atoms with E-state index >= 15 is 0 Å². The molecule has 1 aliphatic carbocycles. The molecule has 5 nitrogen and oxygen atoms in total.